The molecule has 7 heteroatoms. The number of benzene rings is 1. The molecule has 110 valence electrons. The number of ether oxygens (including phenoxy) is 1. The van der Waals surface area contributed by atoms with Gasteiger partial charge < -0.3 is 4.74 Å². The lowest BCUT2D eigenvalue weighted by molar-refractivity contribution is 0.0594. The quantitative estimate of drug-likeness (QED) is 0.794. The molecule has 0 aliphatic heterocycles. The predicted molar refractivity (Wildman–Crippen MR) is 70.9 cm³/mol. The van der Waals surface area contributed by atoms with Crippen LogP contribution in [0.15, 0.2) is 30.3 Å². The standard InChI is InChI=1S/C14H9ClF3NO2/c1-21-14(20)12-9(15)6-10(16)11(19-12)7-2-4-8(5-3-7)13(17)18/h2-6,13H,1H3. The van der Waals surface area contributed by atoms with E-state index in [0.29, 0.717) is 0 Å². The third-order valence-electron chi connectivity index (χ3n) is 2.74. The van der Waals surface area contributed by atoms with Gasteiger partial charge in [0.05, 0.1) is 12.1 Å². The molecule has 0 amide bonds. The van der Waals surface area contributed by atoms with Gasteiger partial charge in [-0.25, -0.2) is 22.9 Å². The molecule has 0 atom stereocenters. The second kappa shape index (κ2) is 6.13. The van der Waals surface area contributed by atoms with Gasteiger partial charge in [0.25, 0.3) is 6.43 Å². The van der Waals surface area contributed by atoms with E-state index in [9.17, 15) is 18.0 Å². The molecule has 1 aromatic carbocycles. The SMILES string of the molecule is COC(=O)c1nc(-c2ccc(C(F)F)cc2)c(F)cc1Cl. The molecule has 2 aromatic rings. The number of methoxy groups -OCH3 is 1. The topological polar surface area (TPSA) is 39.2 Å². The Hall–Kier alpha value is -2.08. The van der Waals surface area contributed by atoms with E-state index >= 15 is 0 Å². The van der Waals surface area contributed by atoms with Gasteiger partial charge in [-0.1, -0.05) is 35.9 Å². The smallest absolute Gasteiger partial charge is 0.358 e. The van der Waals surface area contributed by atoms with E-state index in [1.54, 1.807) is 0 Å². The van der Waals surface area contributed by atoms with Gasteiger partial charge >= 0.3 is 5.97 Å². The number of hydrogen-bond acceptors (Lipinski definition) is 3. The maximum Gasteiger partial charge on any atom is 0.358 e. The number of hydrogen-bond donors (Lipinski definition) is 0. The van der Waals surface area contributed by atoms with Crippen LogP contribution >= 0.6 is 11.6 Å². The first-order valence-corrected chi connectivity index (χ1v) is 6.14. The molecule has 0 unspecified atom stereocenters. The van der Waals surface area contributed by atoms with Crippen molar-refractivity contribution in [1.29, 1.82) is 0 Å². The van der Waals surface area contributed by atoms with Crippen LogP contribution in [0.4, 0.5) is 13.2 Å². The molecule has 21 heavy (non-hydrogen) atoms. The molecule has 0 radical (unpaired) electrons. The highest BCUT2D eigenvalue weighted by Crippen LogP contribution is 2.27. The van der Waals surface area contributed by atoms with Crippen molar-refractivity contribution in [3.05, 3.63) is 52.4 Å². The van der Waals surface area contributed by atoms with Crippen LogP contribution in [0.3, 0.4) is 0 Å². The number of halogens is 4. The van der Waals surface area contributed by atoms with Crippen molar-refractivity contribution in [2.75, 3.05) is 7.11 Å². The first kappa shape index (κ1) is 15.3. The van der Waals surface area contributed by atoms with Crippen molar-refractivity contribution in [2.45, 2.75) is 6.43 Å². The second-order valence-corrected chi connectivity index (χ2v) is 4.47. The number of alkyl halides is 2. The minimum Gasteiger partial charge on any atom is -0.464 e. The van der Waals surface area contributed by atoms with Crippen LogP contribution in [-0.2, 0) is 4.74 Å². The van der Waals surface area contributed by atoms with Crippen molar-refractivity contribution in [3.63, 3.8) is 0 Å². The summed E-state index contributed by atoms with van der Waals surface area (Å²) in [6.45, 7) is 0. The molecule has 2 rings (SSSR count). The molecular formula is C14H9ClF3NO2. The van der Waals surface area contributed by atoms with E-state index in [0.717, 1.165) is 25.3 Å². The van der Waals surface area contributed by atoms with Gasteiger partial charge in [-0.2, -0.15) is 0 Å². The molecule has 1 aromatic heterocycles. The van der Waals surface area contributed by atoms with Crippen molar-refractivity contribution in [2.24, 2.45) is 0 Å². The van der Waals surface area contributed by atoms with Gasteiger partial charge in [-0.15, -0.1) is 0 Å². The summed E-state index contributed by atoms with van der Waals surface area (Å²) in [5, 5.41) is -0.188. The van der Waals surface area contributed by atoms with E-state index in [2.05, 4.69) is 9.72 Å². The van der Waals surface area contributed by atoms with Crippen LogP contribution in [0.5, 0.6) is 0 Å². The molecule has 0 aliphatic carbocycles. The summed E-state index contributed by atoms with van der Waals surface area (Å²) in [5.41, 5.74) is -0.353. The number of pyridine rings is 1. The van der Waals surface area contributed by atoms with E-state index in [4.69, 9.17) is 11.6 Å². The van der Waals surface area contributed by atoms with E-state index < -0.39 is 18.2 Å². The highest BCUT2D eigenvalue weighted by Gasteiger charge is 2.18. The third-order valence-corrected chi connectivity index (χ3v) is 3.03. The minimum atomic E-state index is -2.62. The maximum atomic E-state index is 13.9. The van der Waals surface area contributed by atoms with Crippen molar-refractivity contribution < 1.29 is 22.7 Å². The summed E-state index contributed by atoms with van der Waals surface area (Å²) in [7, 11) is 1.14. The Kier molecular flexibility index (Phi) is 4.47. The first-order valence-electron chi connectivity index (χ1n) is 5.77. The monoisotopic (exact) mass is 315 g/mol. The van der Waals surface area contributed by atoms with Gasteiger partial charge in [0.15, 0.2) is 11.5 Å². The summed E-state index contributed by atoms with van der Waals surface area (Å²) < 4.78 is 43.3. The zero-order chi connectivity index (χ0) is 15.6. The number of carbonyl (C=O) groups excluding carboxylic acids is 1. The Balaban J connectivity index is 2.50. The zero-order valence-corrected chi connectivity index (χ0v) is 11.5. The molecule has 0 bridgehead atoms. The van der Waals surface area contributed by atoms with E-state index in [1.807, 2.05) is 0 Å². The fraction of sp³-hybridized carbons (Fsp3) is 0.143. The number of rotatable bonds is 3. The van der Waals surface area contributed by atoms with Crippen LogP contribution in [0.2, 0.25) is 5.02 Å². The van der Waals surface area contributed by atoms with Gasteiger partial charge in [-0.05, 0) is 6.07 Å². The summed E-state index contributed by atoms with van der Waals surface area (Å²) in [6.07, 6.45) is -2.62. The average Bonchev–Trinajstić information content (AvgIpc) is 2.47. The molecule has 0 N–H and O–H groups in total. The summed E-state index contributed by atoms with van der Waals surface area (Å²) in [4.78, 5) is 15.3. The summed E-state index contributed by atoms with van der Waals surface area (Å²) in [6, 6.07) is 5.84. The van der Waals surface area contributed by atoms with Crippen molar-refractivity contribution in [3.8, 4) is 11.3 Å². The zero-order valence-electron chi connectivity index (χ0n) is 10.7. The minimum absolute atomic E-state index is 0.166. The van der Waals surface area contributed by atoms with Crippen LogP contribution in [-0.4, -0.2) is 18.1 Å². The molecule has 0 aliphatic rings. The van der Waals surface area contributed by atoms with Crippen molar-refractivity contribution >= 4 is 17.6 Å². The Bertz CT molecular complexity index is 675. The molecule has 0 fully saturated rings. The fourth-order valence-electron chi connectivity index (χ4n) is 1.70. The van der Waals surface area contributed by atoms with E-state index in [-0.39, 0.29) is 27.5 Å². The van der Waals surface area contributed by atoms with Crippen LogP contribution in [0, 0.1) is 5.82 Å². The largest absolute Gasteiger partial charge is 0.464 e. The summed E-state index contributed by atoms with van der Waals surface area (Å²) >= 11 is 5.73. The highest BCUT2D eigenvalue weighted by molar-refractivity contribution is 6.33. The Labute approximate surface area is 123 Å². The lowest BCUT2D eigenvalue weighted by Gasteiger charge is -2.08. The van der Waals surface area contributed by atoms with Crippen molar-refractivity contribution in [1.82, 2.24) is 4.98 Å². The van der Waals surface area contributed by atoms with Gasteiger partial charge in [0, 0.05) is 11.1 Å². The molecular weight excluding hydrogens is 307 g/mol. The number of nitrogens with zero attached hydrogens (tertiary/aromatic N) is 1. The molecule has 0 spiro atoms. The first-order chi connectivity index (χ1) is 9.93. The normalized spacial score (nSPS) is 10.8. The van der Waals surface area contributed by atoms with Gasteiger partial charge in [0.1, 0.15) is 5.69 Å². The maximum absolute atomic E-state index is 13.9. The van der Waals surface area contributed by atoms with Crippen LogP contribution < -0.4 is 0 Å². The second-order valence-electron chi connectivity index (χ2n) is 4.06. The molecule has 1 heterocycles. The Morgan fingerprint density at radius 2 is 1.90 bits per heavy atom. The van der Waals surface area contributed by atoms with Gasteiger partial charge in [0.2, 0.25) is 0 Å². The summed E-state index contributed by atoms with van der Waals surface area (Å²) in [5.74, 6) is -1.58. The lowest BCUT2D eigenvalue weighted by Crippen LogP contribution is -2.07. The fourth-order valence-corrected chi connectivity index (χ4v) is 1.91. The Morgan fingerprint density at radius 1 is 1.29 bits per heavy atom. The van der Waals surface area contributed by atoms with Gasteiger partial charge in [-0.3, -0.25) is 0 Å². The Morgan fingerprint density at radius 3 is 2.43 bits per heavy atom. The number of esters is 1. The average molecular weight is 316 g/mol. The molecule has 0 saturated heterocycles. The van der Waals surface area contributed by atoms with E-state index in [1.165, 1.54) is 12.1 Å². The highest BCUT2D eigenvalue weighted by atomic mass is 35.5. The van der Waals surface area contributed by atoms with Crippen LogP contribution in [0.25, 0.3) is 11.3 Å². The predicted octanol–water partition coefficient (Wildman–Crippen LogP) is 4.27. The molecule has 3 nitrogen and oxygen atoms in total. The number of aromatic nitrogens is 1. The third kappa shape index (κ3) is 3.16. The number of carbonyl (C=O) groups is 1. The van der Waals surface area contributed by atoms with Crippen LogP contribution in [0.1, 0.15) is 22.5 Å². The lowest BCUT2D eigenvalue weighted by atomic mass is 10.1. The molecule has 0 saturated carbocycles.